The van der Waals surface area contributed by atoms with E-state index in [-0.39, 0.29) is 0 Å². The zero-order chi connectivity index (χ0) is 12.4. The summed E-state index contributed by atoms with van der Waals surface area (Å²) < 4.78 is 12.0. The maximum Gasteiger partial charge on any atom is 0.227 e. The van der Waals surface area contributed by atoms with E-state index in [4.69, 9.17) is 9.47 Å². The van der Waals surface area contributed by atoms with Crippen molar-refractivity contribution in [3.63, 3.8) is 0 Å². The van der Waals surface area contributed by atoms with Crippen molar-refractivity contribution in [2.45, 2.75) is 6.92 Å². The molecule has 0 bridgehead atoms. The maximum atomic E-state index is 5.21. The third-order valence-electron chi connectivity index (χ3n) is 2.46. The van der Waals surface area contributed by atoms with Crippen molar-refractivity contribution < 1.29 is 9.47 Å². The van der Waals surface area contributed by atoms with Gasteiger partial charge in [0.15, 0.2) is 5.82 Å². The molecule has 0 atom stereocenters. The Morgan fingerprint density at radius 1 is 1.12 bits per heavy atom. The molecule has 0 N–H and O–H groups in total. The predicted molar refractivity (Wildman–Crippen MR) is 62.1 cm³/mol. The van der Waals surface area contributed by atoms with Crippen molar-refractivity contribution in [1.29, 1.82) is 0 Å². The summed E-state index contributed by atoms with van der Waals surface area (Å²) in [6, 6.07) is 3.59. The SMILES string of the molecule is COc1ccc(-c2nc(C)n(C)n2)c(OC)n1. The van der Waals surface area contributed by atoms with Crippen LogP contribution in [0.1, 0.15) is 5.82 Å². The Labute approximate surface area is 99.2 Å². The lowest BCUT2D eigenvalue weighted by atomic mass is 10.2. The van der Waals surface area contributed by atoms with E-state index in [1.807, 2.05) is 20.0 Å². The molecule has 0 radical (unpaired) electrons. The van der Waals surface area contributed by atoms with Crippen LogP contribution in [0.15, 0.2) is 12.1 Å². The lowest BCUT2D eigenvalue weighted by molar-refractivity contribution is 0.365. The summed E-state index contributed by atoms with van der Waals surface area (Å²) in [4.78, 5) is 8.53. The molecule has 0 aliphatic carbocycles. The van der Waals surface area contributed by atoms with E-state index < -0.39 is 0 Å². The van der Waals surface area contributed by atoms with Crippen molar-refractivity contribution in [1.82, 2.24) is 19.7 Å². The molecule has 6 heteroatoms. The van der Waals surface area contributed by atoms with Crippen LogP contribution in [0.4, 0.5) is 0 Å². The fourth-order valence-corrected chi connectivity index (χ4v) is 1.44. The van der Waals surface area contributed by atoms with Gasteiger partial charge in [-0.25, -0.2) is 4.98 Å². The summed E-state index contributed by atoms with van der Waals surface area (Å²) in [5.41, 5.74) is 0.747. The number of pyridine rings is 1. The minimum absolute atomic E-state index is 0.454. The minimum Gasteiger partial charge on any atom is -0.481 e. The summed E-state index contributed by atoms with van der Waals surface area (Å²) >= 11 is 0. The van der Waals surface area contributed by atoms with Gasteiger partial charge >= 0.3 is 0 Å². The van der Waals surface area contributed by atoms with Crippen LogP contribution >= 0.6 is 0 Å². The molecule has 0 aromatic carbocycles. The van der Waals surface area contributed by atoms with Gasteiger partial charge in [0.2, 0.25) is 11.8 Å². The topological polar surface area (TPSA) is 62.1 Å². The largest absolute Gasteiger partial charge is 0.481 e. The molecule has 90 valence electrons. The number of ether oxygens (including phenoxy) is 2. The molecular weight excluding hydrogens is 220 g/mol. The van der Waals surface area contributed by atoms with Crippen LogP contribution in [-0.2, 0) is 7.05 Å². The second-order valence-electron chi connectivity index (χ2n) is 3.52. The second kappa shape index (κ2) is 4.40. The fourth-order valence-electron chi connectivity index (χ4n) is 1.44. The lowest BCUT2D eigenvalue weighted by Crippen LogP contribution is -1.96. The van der Waals surface area contributed by atoms with Crippen molar-refractivity contribution in [3.8, 4) is 23.1 Å². The van der Waals surface area contributed by atoms with Gasteiger partial charge in [0.1, 0.15) is 5.82 Å². The Morgan fingerprint density at radius 3 is 2.41 bits per heavy atom. The monoisotopic (exact) mass is 234 g/mol. The normalized spacial score (nSPS) is 10.4. The number of hydrogen-bond donors (Lipinski definition) is 0. The van der Waals surface area contributed by atoms with Gasteiger partial charge in [-0.05, 0) is 13.0 Å². The van der Waals surface area contributed by atoms with E-state index >= 15 is 0 Å². The van der Waals surface area contributed by atoms with Crippen LogP contribution in [0.25, 0.3) is 11.4 Å². The zero-order valence-corrected chi connectivity index (χ0v) is 10.3. The predicted octanol–water partition coefficient (Wildman–Crippen LogP) is 1.20. The van der Waals surface area contributed by atoms with Gasteiger partial charge in [-0.2, -0.15) is 10.1 Å². The Bertz CT molecular complexity index is 517. The van der Waals surface area contributed by atoms with Crippen LogP contribution in [0.2, 0.25) is 0 Å². The van der Waals surface area contributed by atoms with Gasteiger partial charge in [0.25, 0.3) is 0 Å². The number of methoxy groups -OCH3 is 2. The van der Waals surface area contributed by atoms with Gasteiger partial charge in [-0.3, -0.25) is 4.68 Å². The average Bonchev–Trinajstić information content (AvgIpc) is 2.68. The second-order valence-corrected chi connectivity index (χ2v) is 3.52. The Hall–Kier alpha value is -2.11. The molecule has 6 nitrogen and oxygen atoms in total. The summed E-state index contributed by atoms with van der Waals surface area (Å²) in [7, 11) is 4.96. The highest BCUT2D eigenvalue weighted by atomic mass is 16.5. The van der Waals surface area contributed by atoms with Crippen molar-refractivity contribution in [3.05, 3.63) is 18.0 Å². The molecule has 2 aromatic heterocycles. The molecular formula is C11H14N4O2. The van der Waals surface area contributed by atoms with E-state index in [2.05, 4.69) is 15.1 Å². The molecule has 0 fully saturated rings. The van der Waals surface area contributed by atoms with Gasteiger partial charge in [0, 0.05) is 13.1 Å². The van der Waals surface area contributed by atoms with Gasteiger partial charge in [-0.15, -0.1) is 0 Å². The first-order valence-corrected chi connectivity index (χ1v) is 5.12. The van der Waals surface area contributed by atoms with E-state index in [0.717, 1.165) is 11.4 Å². The highest BCUT2D eigenvalue weighted by Crippen LogP contribution is 2.27. The Balaban J connectivity index is 2.51. The average molecular weight is 234 g/mol. The van der Waals surface area contributed by atoms with Crippen LogP contribution in [0.3, 0.4) is 0 Å². The van der Waals surface area contributed by atoms with Crippen molar-refractivity contribution in [2.24, 2.45) is 7.05 Å². The quantitative estimate of drug-likeness (QED) is 0.798. The third kappa shape index (κ3) is 2.06. The fraction of sp³-hybridized carbons (Fsp3) is 0.364. The molecule has 2 heterocycles. The van der Waals surface area contributed by atoms with Crippen molar-refractivity contribution in [2.75, 3.05) is 14.2 Å². The van der Waals surface area contributed by atoms with E-state index in [1.165, 1.54) is 0 Å². The Kier molecular flexibility index (Phi) is 2.95. The highest BCUT2D eigenvalue weighted by molar-refractivity contribution is 5.62. The highest BCUT2D eigenvalue weighted by Gasteiger charge is 2.14. The summed E-state index contributed by atoms with van der Waals surface area (Å²) in [5.74, 6) is 2.38. The lowest BCUT2D eigenvalue weighted by Gasteiger charge is -2.05. The third-order valence-corrected chi connectivity index (χ3v) is 2.46. The van der Waals surface area contributed by atoms with E-state index in [1.54, 1.807) is 25.0 Å². The summed E-state index contributed by atoms with van der Waals surface area (Å²) in [5, 5.41) is 4.29. The van der Waals surface area contributed by atoms with Crippen molar-refractivity contribution >= 4 is 0 Å². The number of rotatable bonds is 3. The minimum atomic E-state index is 0.454. The Morgan fingerprint density at radius 2 is 1.88 bits per heavy atom. The summed E-state index contributed by atoms with van der Waals surface area (Å²) in [6.07, 6.45) is 0. The smallest absolute Gasteiger partial charge is 0.227 e. The van der Waals surface area contributed by atoms with Crippen LogP contribution < -0.4 is 9.47 Å². The van der Waals surface area contributed by atoms with E-state index in [0.29, 0.717) is 17.6 Å². The van der Waals surface area contributed by atoms with E-state index in [9.17, 15) is 0 Å². The molecule has 0 aliphatic rings. The number of hydrogen-bond acceptors (Lipinski definition) is 5. The van der Waals surface area contributed by atoms with Gasteiger partial charge < -0.3 is 9.47 Å². The van der Waals surface area contributed by atoms with Crippen LogP contribution in [-0.4, -0.2) is 34.0 Å². The molecule has 17 heavy (non-hydrogen) atoms. The maximum absolute atomic E-state index is 5.21. The number of nitrogens with zero attached hydrogens (tertiary/aromatic N) is 4. The first-order chi connectivity index (χ1) is 8.15. The molecule has 0 spiro atoms. The standard InChI is InChI=1S/C11H14N4O2/c1-7-12-10(14-15(7)2)8-5-6-9(16-3)13-11(8)17-4/h5-6H,1-4H3. The van der Waals surface area contributed by atoms with Gasteiger partial charge in [0.05, 0.1) is 19.8 Å². The summed E-state index contributed by atoms with van der Waals surface area (Å²) in [6.45, 7) is 1.89. The molecule has 2 aromatic rings. The molecule has 0 saturated heterocycles. The first-order valence-electron chi connectivity index (χ1n) is 5.12. The first kappa shape index (κ1) is 11.4. The number of aromatic nitrogens is 4. The van der Waals surface area contributed by atoms with Crippen LogP contribution in [0, 0.1) is 6.92 Å². The number of aryl methyl sites for hydroxylation is 2. The molecule has 0 aliphatic heterocycles. The molecule has 0 unspecified atom stereocenters. The zero-order valence-electron chi connectivity index (χ0n) is 10.3. The molecule has 2 rings (SSSR count). The molecule has 0 saturated carbocycles. The van der Waals surface area contributed by atoms with Gasteiger partial charge in [-0.1, -0.05) is 0 Å². The van der Waals surface area contributed by atoms with Crippen LogP contribution in [0.5, 0.6) is 11.8 Å². The molecule has 0 amide bonds.